The Balaban J connectivity index is 2.20. The first-order chi connectivity index (χ1) is 12.5. The molecular weight excluding hydrogens is 379 g/mol. The number of ether oxygens (including phenoxy) is 1. The Hall–Kier alpha value is -1.84. The van der Waals surface area contributed by atoms with Gasteiger partial charge in [0.25, 0.3) is 5.69 Å². The number of likely N-dealkylation sites (N-methyl/N-ethyl adjacent to an activating group) is 1. The molecule has 0 aromatic heterocycles. The highest BCUT2D eigenvalue weighted by Crippen LogP contribution is 2.35. The number of carbonyl (C=O) groups excluding carboxylic acids is 1. The fraction of sp³-hybridized carbons (Fsp3) is 0.562. The second kappa shape index (κ2) is 10.5. The van der Waals surface area contributed by atoms with Crippen LogP contribution in [0.15, 0.2) is 24.3 Å². The third-order valence-corrected chi connectivity index (χ3v) is 4.40. The monoisotopic (exact) mass is 405 g/mol. The first-order valence-electron chi connectivity index (χ1n) is 8.46. The number of rotatable bonds is 12. The van der Waals surface area contributed by atoms with E-state index in [4.69, 9.17) is 14.5 Å². The number of phosphoric acid groups is 1. The Labute approximate surface area is 157 Å². The summed E-state index contributed by atoms with van der Waals surface area (Å²) in [4.78, 5) is 39.1. The summed E-state index contributed by atoms with van der Waals surface area (Å²) in [5, 5.41) is 10.6. The van der Waals surface area contributed by atoms with Crippen LogP contribution in [-0.4, -0.2) is 59.0 Å². The topological polar surface area (TPSA) is 136 Å². The van der Waals surface area contributed by atoms with Crippen molar-refractivity contribution in [3.63, 3.8) is 0 Å². The molecule has 0 heterocycles. The minimum Gasteiger partial charge on any atom is -0.427 e. The SMILES string of the molecule is C[N+](C)(CCCCCC(=O)Oc1ccc([N+](=O)[O-])cc1)CCOP(=O)(O)O. The van der Waals surface area contributed by atoms with E-state index >= 15 is 0 Å². The number of nitro benzene ring substituents is 1. The van der Waals surface area contributed by atoms with E-state index in [2.05, 4.69) is 4.52 Å². The molecular formula is C16H26N2O8P+. The van der Waals surface area contributed by atoms with Crippen molar-refractivity contribution in [3.8, 4) is 5.75 Å². The van der Waals surface area contributed by atoms with Crippen LogP contribution in [0.2, 0.25) is 0 Å². The third kappa shape index (κ3) is 10.8. The van der Waals surface area contributed by atoms with Crippen LogP contribution in [0.25, 0.3) is 0 Å². The third-order valence-electron chi connectivity index (χ3n) is 3.88. The fourth-order valence-corrected chi connectivity index (χ4v) is 2.64. The van der Waals surface area contributed by atoms with Gasteiger partial charge in [0, 0.05) is 18.6 Å². The lowest BCUT2D eigenvalue weighted by Gasteiger charge is -2.29. The summed E-state index contributed by atoms with van der Waals surface area (Å²) >= 11 is 0. The molecule has 0 unspecified atom stereocenters. The Morgan fingerprint density at radius 1 is 1.15 bits per heavy atom. The van der Waals surface area contributed by atoms with E-state index in [1.165, 1.54) is 24.3 Å². The molecule has 27 heavy (non-hydrogen) atoms. The summed E-state index contributed by atoms with van der Waals surface area (Å²) in [6.07, 6.45) is 2.53. The van der Waals surface area contributed by atoms with Crippen LogP contribution < -0.4 is 4.74 Å². The summed E-state index contributed by atoms with van der Waals surface area (Å²) < 4.78 is 20.8. The number of hydrogen-bond acceptors (Lipinski definition) is 6. The van der Waals surface area contributed by atoms with Gasteiger partial charge in [0.1, 0.15) is 18.9 Å². The molecule has 0 amide bonds. The molecule has 1 aromatic carbocycles. The zero-order chi connectivity index (χ0) is 20.5. The number of carbonyl (C=O) groups is 1. The molecule has 152 valence electrons. The van der Waals surface area contributed by atoms with Crippen LogP contribution in [0.3, 0.4) is 0 Å². The number of non-ortho nitro benzene ring substituents is 1. The molecule has 1 rings (SSSR count). The van der Waals surface area contributed by atoms with Gasteiger partial charge in [-0.1, -0.05) is 0 Å². The largest absolute Gasteiger partial charge is 0.469 e. The summed E-state index contributed by atoms with van der Waals surface area (Å²) in [5.41, 5.74) is -0.0678. The van der Waals surface area contributed by atoms with E-state index in [9.17, 15) is 19.5 Å². The standard InChI is InChI=1S/C16H25N2O8P/c1-18(2,12-13-25-27(22,23)24)11-5-3-4-6-16(19)26-15-9-7-14(8-10-15)17(20)21/h7-10H,3-6,11-13H2,1-2H3,(H-,22,23,24)/p+1. The van der Waals surface area contributed by atoms with Gasteiger partial charge in [-0.2, -0.15) is 0 Å². The Bertz CT molecular complexity index is 672. The highest BCUT2D eigenvalue weighted by Gasteiger charge is 2.19. The van der Waals surface area contributed by atoms with Gasteiger partial charge in [0.05, 0.1) is 25.6 Å². The normalized spacial score (nSPS) is 12.0. The molecule has 0 aliphatic carbocycles. The number of benzene rings is 1. The van der Waals surface area contributed by atoms with Crippen molar-refractivity contribution in [2.75, 3.05) is 33.8 Å². The zero-order valence-corrected chi connectivity index (χ0v) is 16.3. The lowest BCUT2D eigenvalue weighted by atomic mass is 10.2. The number of nitrogens with zero attached hydrogens (tertiary/aromatic N) is 2. The van der Waals surface area contributed by atoms with Gasteiger partial charge in [-0.05, 0) is 31.4 Å². The Morgan fingerprint density at radius 2 is 1.78 bits per heavy atom. The molecule has 11 heteroatoms. The summed E-state index contributed by atoms with van der Waals surface area (Å²) in [6, 6.07) is 5.32. The van der Waals surface area contributed by atoms with Crippen molar-refractivity contribution in [1.29, 1.82) is 0 Å². The minimum absolute atomic E-state index is 0.0289. The average molecular weight is 405 g/mol. The van der Waals surface area contributed by atoms with Crippen molar-refractivity contribution in [2.24, 2.45) is 0 Å². The first-order valence-corrected chi connectivity index (χ1v) is 9.99. The maximum atomic E-state index is 11.8. The smallest absolute Gasteiger partial charge is 0.427 e. The van der Waals surface area contributed by atoms with E-state index in [0.717, 1.165) is 19.4 Å². The van der Waals surface area contributed by atoms with Crippen LogP contribution in [0.5, 0.6) is 5.75 Å². The molecule has 0 fully saturated rings. The highest BCUT2D eigenvalue weighted by molar-refractivity contribution is 7.46. The van der Waals surface area contributed by atoms with E-state index < -0.39 is 18.7 Å². The molecule has 1 aromatic rings. The van der Waals surface area contributed by atoms with Crippen molar-refractivity contribution in [2.45, 2.75) is 25.7 Å². The highest BCUT2D eigenvalue weighted by atomic mass is 31.2. The van der Waals surface area contributed by atoms with Gasteiger partial charge >= 0.3 is 13.8 Å². The average Bonchev–Trinajstić information content (AvgIpc) is 2.53. The molecule has 0 radical (unpaired) electrons. The van der Waals surface area contributed by atoms with Gasteiger partial charge in [-0.15, -0.1) is 0 Å². The molecule has 10 nitrogen and oxygen atoms in total. The Kier molecular flexibility index (Phi) is 9.01. The summed E-state index contributed by atoms with van der Waals surface area (Å²) in [6.45, 7) is 1.22. The van der Waals surface area contributed by atoms with Crippen molar-refractivity contribution in [3.05, 3.63) is 34.4 Å². The van der Waals surface area contributed by atoms with Gasteiger partial charge in [-0.3, -0.25) is 19.4 Å². The number of hydrogen-bond donors (Lipinski definition) is 2. The summed E-state index contributed by atoms with van der Waals surface area (Å²) in [7, 11) is -0.558. The number of unbranched alkanes of at least 4 members (excludes halogenated alkanes) is 2. The van der Waals surface area contributed by atoms with Gasteiger partial charge in [0.2, 0.25) is 0 Å². The molecule has 0 bridgehead atoms. The van der Waals surface area contributed by atoms with Crippen LogP contribution in [0, 0.1) is 10.1 Å². The second-order valence-electron chi connectivity index (χ2n) is 6.74. The first kappa shape index (κ1) is 23.2. The maximum absolute atomic E-state index is 11.8. The van der Waals surface area contributed by atoms with Gasteiger partial charge < -0.3 is 19.0 Å². The fourth-order valence-electron chi connectivity index (χ4n) is 2.32. The quantitative estimate of drug-likeness (QED) is 0.103. The molecule has 0 atom stereocenters. The van der Waals surface area contributed by atoms with E-state index in [-0.39, 0.29) is 24.5 Å². The van der Waals surface area contributed by atoms with Crippen molar-refractivity contribution in [1.82, 2.24) is 0 Å². The number of phosphoric ester groups is 1. The van der Waals surface area contributed by atoms with Crippen molar-refractivity contribution < 1.29 is 37.8 Å². The van der Waals surface area contributed by atoms with Crippen LogP contribution >= 0.6 is 7.82 Å². The molecule has 0 aliphatic rings. The molecule has 0 aliphatic heterocycles. The van der Waals surface area contributed by atoms with Gasteiger partial charge in [-0.25, -0.2) is 4.57 Å². The maximum Gasteiger partial charge on any atom is 0.469 e. The lowest BCUT2D eigenvalue weighted by molar-refractivity contribution is -0.890. The van der Waals surface area contributed by atoms with Crippen LogP contribution in [-0.2, 0) is 13.9 Å². The molecule has 2 N–H and O–H groups in total. The predicted molar refractivity (Wildman–Crippen MR) is 97.0 cm³/mol. The van der Waals surface area contributed by atoms with E-state index in [1.54, 1.807) is 0 Å². The van der Waals surface area contributed by atoms with Crippen molar-refractivity contribution >= 4 is 19.5 Å². The van der Waals surface area contributed by atoms with Crippen LogP contribution in [0.1, 0.15) is 25.7 Å². The summed E-state index contributed by atoms with van der Waals surface area (Å²) in [5.74, 6) is -0.124. The number of nitro groups is 1. The molecule has 0 spiro atoms. The minimum atomic E-state index is -4.43. The second-order valence-corrected chi connectivity index (χ2v) is 7.98. The van der Waals surface area contributed by atoms with Crippen LogP contribution in [0.4, 0.5) is 5.69 Å². The van der Waals surface area contributed by atoms with E-state index in [1.807, 2.05) is 14.1 Å². The van der Waals surface area contributed by atoms with E-state index in [0.29, 0.717) is 17.4 Å². The number of esters is 1. The molecule has 0 saturated carbocycles. The zero-order valence-electron chi connectivity index (χ0n) is 15.4. The Morgan fingerprint density at radius 3 is 2.33 bits per heavy atom. The predicted octanol–water partition coefficient (Wildman–Crippen LogP) is 2.25. The van der Waals surface area contributed by atoms with Gasteiger partial charge in [0.15, 0.2) is 0 Å². The number of quaternary nitrogens is 1. The molecule has 0 saturated heterocycles. The lowest BCUT2D eigenvalue weighted by Crippen LogP contribution is -2.42.